The predicted molar refractivity (Wildman–Crippen MR) is 109 cm³/mol. The first kappa shape index (κ1) is 18.7. The average molecular weight is 395 g/mol. The molecule has 0 bridgehead atoms. The van der Waals surface area contributed by atoms with Gasteiger partial charge in [0.15, 0.2) is 11.2 Å². The fraction of sp³-hybridized carbons (Fsp3) is 0.300. The highest BCUT2D eigenvalue weighted by molar-refractivity contribution is 5.76. The van der Waals surface area contributed by atoms with Crippen LogP contribution in [0, 0.1) is 0 Å². The van der Waals surface area contributed by atoms with Gasteiger partial charge in [-0.25, -0.2) is 9.20 Å². The summed E-state index contributed by atoms with van der Waals surface area (Å²) in [5.41, 5.74) is -0.307. The Morgan fingerprint density at radius 3 is 2.28 bits per heavy atom. The van der Waals surface area contributed by atoms with Crippen molar-refractivity contribution >= 4 is 16.9 Å². The van der Waals surface area contributed by atoms with Crippen molar-refractivity contribution in [1.82, 2.24) is 23.1 Å². The molecule has 150 valence electrons. The lowest BCUT2D eigenvalue weighted by Crippen LogP contribution is -2.37. The van der Waals surface area contributed by atoms with Gasteiger partial charge in [-0.2, -0.15) is 4.98 Å². The van der Waals surface area contributed by atoms with E-state index in [4.69, 9.17) is 0 Å². The molecule has 0 unspecified atom stereocenters. The van der Waals surface area contributed by atoms with Crippen LogP contribution in [0.4, 0.5) is 0 Å². The SMILES string of the molecule is CC(C)c1c(O)n2c3c(=O)n(C)c(=O)n(C)c3nc2n(Cc2ccccc2)c1=O. The summed E-state index contributed by atoms with van der Waals surface area (Å²) in [6.45, 7) is 3.80. The first-order valence-corrected chi connectivity index (χ1v) is 9.21. The first-order chi connectivity index (χ1) is 13.7. The van der Waals surface area contributed by atoms with Crippen LogP contribution >= 0.6 is 0 Å². The lowest BCUT2D eigenvalue weighted by molar-refractivity contribution is 0.430. The van der Waals surface area contributed by atoms with E-state index in [0.717, 1.165) is 10.1 Å². The summed E-state index contributed by atoms with van der Waals surface area (Å²) in [6, 6.07) is 9.36. The van der Waals surface area contributed by atoms with Gasteiger partial charge in [0.25, 0.3) is 11.1 Å². The minimum absolute atomic E-state index is 0.0470. The van der Waals surface area contributed by atoms with Crippen LogP contribution in [-0.4, -0.2) is 28.2 Å². The number of imidazole rings is 1. The maximum atomic E-state index is 13.2. The minimum Gasteiger partial charge on any atom is -0.494 e. The van der Waals surface area contributed by atoms with Crippen LogP contribution in [0.2, 0.25) is 0 Å². The van der Waals surface area contributed by atoms with E-state index in [9.17, 15) is 19.5 Å². The smallest absolute Gasteiger partial charge is 0.332 e. The molecule has 9 heteroatoms. The monoisotopic (exact) mass is 395 g/mol. The van der Waals surface area contributed by atoms with Crippen molar-refractivity contribution in [3.63, 3.8) is 0 Å². The number of aromatic nitrogens is 5. The normalized spacial score (nSPS) is 11.8. The fourth-order valence-electron chi connectivity index (χ4n) is 3.63. The number of nitrogens with zero attached hydrogens (tertiary/aromatic N) is 5. The third-order valence-corrected chi connectivity index (χ3v) is 5.17. The highest BCUT2D eigenvalue weighted by atomic mass is 16.3. The van der Waals surface area contributed by atoms with E-state index in [1.54, 1.807) is 13.8 Å². The number of benzene rings is 1. The van der Waals surface area contributed by atoms with Crippen molar-refractivity contribution in [1.29, 1.82) is 0 Å². The van der Waals surface area contributed by atoms with E-state index < -0.39 is 11.2 Å². The Morgan fingerprint density at radius 2 is 1.66 bits per heavy atom. The number of rotatable bonds is 3. The highest BCUT2D eigenvalue weighted by Crippen LogP contribution is 2.26. The van der Waals surface area contributed by atoms with Gasteiger partial charge in [-0.3, -0.25) is 23.3 Å². The predicted octanol–water partition coefficient (Wildman–Crippen LogP) is 0.924. The molecule has 0 fully saturated rings. The van der Waals surface area contributed by atoms with E-state index in [1.807, 2.05) is 30.3 Å². The summed E-state index contributed by atoms with van der Waals surface area (Å²) in [4.78, 5) is 42.8. The molecule has 1 N–H and O–H groups in total. The van der Waals surface area contributed by atoms with Gasteiger partial charge in [-0.1, -0.05) is 44.2 Å². The van der Waals surface area contributed by atoms with E-state index in [1.165, 1.54) is 27.6 Å². The van der Waals surface area contributed by atoms with Gasteiger partial charge in [0.1, 0.15) is 0 Å². The molecule has 0 amide bonds. The second kappa shape index (κ2) is 6.47. The average Bonchev–Trinajstić information content (AvgIpc) is 3.09. The zero-order valence-corrected chi connectivity index (χ0v) is 16.6. The van der Waals surface area contributed by atoms with Gasteiger partial charge in [0.2, 0.25) is 11.7 Å². The topological polar surface area (TPSA) is 104 Å². The maximum Gasteiger partial charge on any atom is 0.332 e. The third kappa shape index (κ3) is 2.61. The van der Waals surface area contributed by atoms with Crippen LogP contribution < -0.4 is 16.8 Å². The van der Waals surface area contributed by atoms with E-state index >= 15 is 0 Å². The maximum absolute atomic E-state index is 13.2. The Hall–Kier alpha value is -3.62. The Morgan fingerprint density at radius 1 is 1.00 bits per heavy atom. The van der Waals surface area contributed by atoms with Crippen LogP contribution in [0.3, 0.4) is 0 Å². The van der Waals surface area contributed by atoms with Crippen LogP contribution in [0.25, 0.3) is 16.9 Å². The molecule has 1 aromatic carbocycles. The Balaban J connectivity index is 2.25. The van der Waals surface area contributed by atoms with Gasteiger partial charge in [0, 0.05) is 14.1 Å². The van der Waals surface area contributed by atoms with Crippen LogP contribution in [0.1, 0.15) is 30.9 Å². The van der Waals surface area contributed by atoms with Crippen molar-refractivity contribution in [2.24, 2.45) is 14.1 Å². The largest absolute Gasteiger partial charge is 0.494 e. The summed E-state index contributed by atoms with van der Waals surface area (Å²) >= 11 is 0. The lowest BCUT2D eigenvalue weighted by Gasteiger charge is -2.15. The van der Waals surface area contributed by atoms with Crippen molar-refractivity contribution in [3.05, 3.63) is 72.7 Å². The van der Waals surface area contributed by atoms with Gasteiger partial charge in [0.05, 0.1) is 12.1 Å². The molecule has 0 saturated heterocycles. The van der Waals surface area contributed by atoms with Gasteiger partial charge < -0.3 is 5.11 Å². The fourth-order valence-corrected chi connectivity index (χ4v) is 3.63. The van der Waals surface area contributed by atoms with Crippen molar-refractivity contribution in [3.8, 4) is 5.88 Å². The Kier molecular flexibility index (Phi) is 4.18. The number of hydrogen-bond acceptors (Lipinski definition) is 5. The zero-order valence-electron chi connectivity index (χ0n) is 16.6. The summed E-state index contributed by atoms with van der Waals surface area (Å²) in [5, 5.41) is 10.9. The first-order valence-electron chi connectivity index (χ1n) is 9.21. The van der Waals surface area contributed by atoms with Gasteiger partial charge >= 0.3 is 5.69 Å². The molecule has 0 aliphatic rings. The molecule has 0 aliphatic carbocycles. The molecule has 4 rings (SSSR count). The number of aromatic hydroxyl groups is 1. The van der Waals surface area contributed by atoms with Crippen molar-refractivity contribution in [2.75, 3.05) is 0 Å². The molecule has 0 radical (unpaired) electrons. The number of hydrogen-bond donors (Lipinski definition) is 1. The highest BCUT2D eigenvalue weighted by Gasteiger charge is 2.25. The second-order valence-corrected chi connectivity index (χ2v) is 7.39. The molecular formula is C20H21N5O4. The third-order valence-electron chi connectivity index (χ3n) is 5.17. The quantitative estimate of drug-likeness (QED) is 0.556. The van der Waals surface area contributed by atoms with E-state index in [0.29, 0.717) is 0 Å². The molecule has 4 aromatic rings. The van der Waals surface area contributed by atoms with Crippen molar-refractivity contribution in [2.45, 2.75) is 26.3 Å². The summed E-state index contributed by atoms with van der Waals surface area (Å²) < 4.78 is 4.89. The van der Waals surface area contributed by atoms with Gasteiger partial charge in [-0.05, 0) is 11.5 Å². The summed E-state index contributed by atoms with van der Waals surface area (Å²) in [5.74, 6) is -0.514. The van der Waals surface area contributed by atoms with Crippen LogP contribution in [-0.2, 0) is 20.6 Å². The molecule has 29 heavy (non-hydrogen) atoms. The molecule has 0 spiro atoms. The van der Waals surface area contributed by atoms with E-state index in [-0.39, 0.29) is 46.4 Å². The molecule has 0 atom stereocenters. The number of aryl methyl sites for hydroxylation is 1. The Labute approximate surface area is 164 Å². The standard InChI is InChI=1S/C20H21N5O4/c1-11(2)13-16(26)24(10-12-8-6-5-7-9-12)19-21-15-14(25(19)17(13)27)18(28)23(4)20(29)22(15)3/h5-9,11,27H,10H2,1-4H3. The molecule has 3 heterocycles. The minimum atomic E-state index is -0.592. The van der Waals surface area contributed by atoms with Crippen LogP contribution in [0.5, 0.6) is 5.88 Å². The van der Waals surface area contributed by atoms with E-state index in [2.05, 4.69) is 4.98 Å². The number of fused-ring (bicyclic) bond motifs is 3. The summed E-state index contributed by atoms with van der Waals surface area (Å²) in [6.07, 6.45) is 0. The Bertz CT molecular complexity index is 1440. The lowest BCUT2D eigenvalue weighted by atomic mass is 10.1. The van der Waals surface area contributed by atoms with Crippen LogP contribution in [0.15, 0.2) is 44.7 Å². The molecule has 0 saturated carbocycles. The summed E-state index contributed by atoms with van der Waals surface area (Å²) in [7, 11) is 2.86. The molecule has 0 aliphatic heterocycles. The van der Waals surface area contributed by atoms with Crippen molar-refractivity contribution < 1.29 is 5.11 Å². The molecular weight excluding hydrogens is 374 g/mol. The molecule has 9 nitrogen and oxygen atoms in total. The second-order valence-electron chi connectivity index (χ2n) is 7.39. The molecule has 3 aromatic heterocycles. The zero-order chi connectivity index (χ0) is 21.0. The van der Waals surface area contributed by atoms with Gasteiger partial charge in [-0.15, -0.1) is 0 Å².